The summed E-state index contributed by atoms with van der Waals surface area (Å²) >= 11 is 5.91. The fraction of sp³-hybridized carbons (Fsp3) is 0.250. The van der Waals surface area contributed by atoms with Crippen molar-refractivity contribution in [2.45, 2.75) is 24.3 Å². The third-order valence-electron chi connectivity index (χ3n) is 3.16. The average molecular weight is 324 g/mol. The van der Waals surface area contributed by atoms with Gasteiger partial charge in [0.2, 0.25) is 10.0 Å². The number of alkyl halides is 1. The number of hydrogen-bond donors (Lipinski definition) is 1. The molecule has 1 atom stereocenters. The Morgan fingerprint density at radius 2 is 1.67 bits per heavy atom. The molecule has 0 aliphatic heterocycles. The molecule has 0 radical (unpaired) electrons. The fourth-order valence-corrected chi connectivity index (χ4v) is 3.54. The summed E-state index contributed by atoms with van der Waals surface area (Å²) in [6, 6.07) is 16.1. The summed E-state index contributed by atoms with van der Waals surface area (Å²) < 4.78 is 27.3. The third kappa shape index (κ3) is 4.56. The number of benzene rings is 2. The third-order valence-corrected chi connectivity index (χ3v) is 5.07. The molecule has 3 nitrogen and oxygen atoms in total. The van der Waals surface area contributed by atoms with Gasteiger partial charge in [-0.1, -0.05) is 48.0 Å². The molecule has 2 aromatic rings. The number of hydrogen-bond acceptors (Lipinski definition) is 2. The molecule has 0 bridgehead atoms. The zero-order valence-electron chi connectivity index (χ0n) is 11.8. The van der Waals surface area contributed by atoms with Gasteiger partial charge >= 0.3 is 0 Å². The van der Waals surface area contributed by atoms with Crippen LogP contribution in [0.2, 0.25) is 0 Å². The molecule has 0 saturated heterocycles. The lowest BCUT2D eigenvalue weighted by Gasteiger charge is -2.16. The van der Waals surface area contributed by atoms with E-state index in [2.05, 4.69) is 4.72 Å². The molecule has 1 N–H and O–H groups in total. The van der Waals surface area contributed by atoms with E-state index in [1.54, 1.807) is 24.3 Å². The van der Waals surface area contributed by atoms with Crippen LogP contribution >= 0.6 is 11.6 Å². The summed E-state index contributed by atoms with van der Waals surface area (Å²) in [7, 11) is -3.54. The Hall–Kier alpha value is -1.36. The van der Waals surface area contributed by atoms with Crippen LogP contribution in [0.1, 0.15) is 11.1 Å². The summed E-state index contributed by atoms with van der Waals surface area (Å²) in [5, 5.41) is 0. The minimum atomic E-state index is -3.54. The molecule has 0 aliphatic carbocycles. The zero-order valence-corrected chi connectivity index (χ0v) is 13.4. The first-order valence-electron chi connectivity index (χ1n) is 6.70. The lowest BCUT2D eigenvalue weighted by atomic mass is 10.1. The maximum absolute atomic E-state index is 12.3. The normalized spacial score (nSPS) is 13.0. The number of halogens is 1. The fourth-order valence-electron chi connectivity index (χ4n) is 2.03. The first kappa shape index (κ1) is 16.0. The highest BCUT2D eigenvalue weighted by molar-refractivity contribution is 7.89. The summed E-state index contributed by atoms with van der Waals surface area (Å²) in [5.74, 6) is 0.222. The van der Waals surface area contributed by atoms with E-state index in [9.17, 15) is 8.42 Å². The number of nitrogens with one attached hydrogen (secondary N) is 1. The number of rotatable bonds is 6. The largest absolute Gasteiger partial charge is 0.240 e. The highest BCUT2D eigenvalue weighted by Crippen LogP contribution is 2.12. The molecule has 2 aromatic carbocycles. The SMILES string of the molecule is Cc1ccc(S(=O)(=O)NC(CCl)Cc2ccccc2)cc1. The smallest absolute Gasteiger partial charge is 0.207 e. The van der Waals surface area contributed by atoms with Crippen molar-refractivity contribution >= 4 is 21.6 Å². The Balaban J connectivity index is 2.12. The van der Waals surface area contributed by atoms with E-state index in [0.717, 1.165) is 11.1 Å². The van der Waals surface area contributed by atoms with E-state index < -0.39 is 10.0 Å². The maximum Gasteiger partial charge on any atom is 0.240 e. The monoisotopic (exact) mass is 323 g/mol. The van der Waals surface area contributed by atoms with Crippen molar-refractivity contribution in [3.05, 3.63) is 65.7 Å². The van der Waals surface area contributed by atoms with Crippen molar-refractivity contribution < 1.29 is 8.42 Å². The number of sulfonamides is 1. The number of aryl methyl sites for hydroxylation is 1. The van der Waals surface area contributed by atoms with Crippen LogP contribution in [-0.4, -0.2) is 20.3 Å². The van der Waals surface area contributed by atoms with Crippen molar-refractivity contribution in [3.8, 4) is 0 Å². The van der Waals surface area contributed by atoms with Gasteiger partial charge in [0.05, 0.1) is 4.90 Å². The predicted octanol–water partition coefficient (Wildman–Crippen LogP) is 3.12. The van der Waals surface area contributed by atoms with Crippen LogP contribution in [0.25, 0.3) is 0 Å². The zero-order chi connectivity index (χ0) is 15.3. The molecular weight excluding hydrogens is 306 g/mol. The van der Waals surface area contributed by atoms with Crippen molar-refractivity contribution in [1.82, 2.24) is 4.72 Å². The van der Waals surface area contributed by atoms with Crippen molar-refractivity contribution in [2.24, 2.45) is 0 Å². The van der Waals surface area contributed by atoms with Crippen LogP contribution in [0.5, 0.6) is 0 Å². The lowest BCUT2D eigenvalue weighted by molar-refractivity contribution is 0.561. The van der Waals surface area contributed by atoms with Gasteiger partial charge in [0.1, 0.15) is 0 Å². The van der Waals surface area contributed by atoms with Crippen molar-refractivity contribution in [1.29, 1.82) is 0 Å². The second-order valence-corrected chi connectivity index (χ2v) is 7.00. The van der Waals surface area contributed by atoms with Crippen LogP contribution in [-0.2, 0) is 16.4 Å². The van der Waals surface area contributed by atoms with Gasteiger partial charge in [-0.25, -0.2) is 13.1 Å². The standard InChI is InChI=1S/C16H18ClNO2S/c1-13-7-9-16(10-8-13)21(19,20)18-15(12-17)11-14-5-3-2-4-6-14/h2-10,15,18H,11-12H2,1H3. The van der Waals surface area contributed by atoms with Crippen LogP contribution < -0.4 is 4.72 Å². The van der Waals surface area contributed by atoms with Crippen LogP contribution in [0.3, 0.4) is 0 Å². The molecule has 0 amide bonds. The highest BCUT2D eigenvalue weighted by Gasteiger charge is 2.19. The molecule has 0 saturated carbocycles. The Morgan fingerprint density at radius 1 is 1.05 bits per heavy atom. The van der Waals surface area contributed by atoms with Crippen LogP contribution in [0.4, 0.5) is 0 Å². The maximum atomic E-state index is 12.3. The molecule has 0 fully saturated rings. The molecule has 5 heteroatoms. The van der Waals surface area contributed by atoms with Gasteiger partial charge in [-0.2, -0.15) is 0 Å². The first-order chi connectivity index (χ1) is 10.0. The Bertz CT molecular complexity index is 669. The minimum absolute atomic E-state index is 0.222. The molecule has 0 aliphatic rings. The van der Waals surface area contributed by atoms with Crippen LogP contribution in [0.15, 0.2) is 59.5 Å². The minimum Gasteiger partial charge on any atom is -0.207 e. The summed E-state index contributed by atoms with van der Waals surface area (Å²) in [5.41, 5.74) is 2.07. The second kappa shape index (κ2) is 7.07. The topological polar surface area (TPSA) is 46.2 Å². The van der Waals surface area contributed by atoms with Gasteiger partial charge in [-0.15, -0.1) is 11.6 Å². The molecule has 0 heterocycles. The quantitative estimate of drug-likeness (QED) is 0.830. The molecule has 2 rings (SSSR count). The summed E-state index contributed by atoms with van der Waals surface area (Å²) in [4.78, 5) is 0.260. The predicted molar refractivity (Wildman–Crippen MR) is 86.2 cm³/mol. The summed E-state index contributed by atoms with van der Waals surface area (Å²) in [6.45, 7) is 1.92. The molecular formula is C16H18ClNO2S. The Kier molecular flexibility index (Phi) is 5.39. The molecule has 21 heavy (non-hydrogen) atoms. The molecule has 0 spiro atoms. The molecule has 0 aromatic heterocycles. The van der Waals surface area contributed by atoms with Crippen molar-refractivity contribution in [2.75, 3.05) is 5.88 Å². The lowest BCUT2D eigenvalue weighted by Crippen LogP contribution is -2.37. The van der Waals surface area contributed by atoms with Gasteiger partial charge in [0.25, 0.3) is 0 Å². The molecule has 112 valence electrons. The van der Waals surface area contributed by atoms with E-state index in [-0.39, 0.29) is 16.8 Å². The van der Waals surface area contributed by atoms with Gasteiger partial charge in [0, 0.05) is 11.9 Å². The van der Waals surface area contributed by atoms with Crippen LogP contribution in [0, 0.1) is 6.92 Å². The van der Waals surface area contributed by atoms with E-state index >= 15 is 0 Å². The van der Waals surface area contributed by atoms with Gasteiger partial charge in [-0.05, 0) is 31.0 Å². The van der Waals surface area contributed by atoms with Gasteiger partial charge < -0.3 is 0 Å². The van der Waals surface area contributed by atoms with E-state index in [4.69, 9.17) is 11.6 Å². The van der Waals surface area contributed by atoms with Gasteiger partial charge in [0.15, 0.2) is 0 Å². The van der Waals surface area contributed by atoms with Gasteiger partial charge in [-0.3, -0.25) is 0 Å². The highest BCUT2D eigenvalue weighted by atomic mass is 35.5. The second-order valence-electron chi connectivity index (χ2n) is 4.98. The van der Waals surface area contributed by atoms with E-state index in [1.165, 1.54) is 0 Å². The Morgan fingerprint density at radius 3 is 2.24 bits per heavy atom. The first-order valence-corrected chi connectivity index (χ1v) is 8.72. The van der Waals surface area contributed by atoms with E-state index in [0.29, 0.717) is 6.42 Å². The Labute approximate surface area is 131 Å². The van der Waals surface area contributed by atoms with Crippen molar-refractivity contribution in [3.63, 3.8) is 0 Å². The summed E-state index contributed by atoms with van der Waals surface area (Å²) in [6.07, 6.45) is 0.565. The van der Waals surface area contributed by atoms with E-state index in [1.807, 2.05) is 37.3 Å². The molecule has 1 unspecified atom stereocenters. The average Bonchev–Trinajstić information content (AvgIpc) is 2.48.